The number of nitrogens with one attached hydrogen (secondary N) is 1. The lowest BCUT2D eigenvalue weighted by Gasteiger charge is -2.12. The van der Waals surface area contributed by atoms with Crippen LogP contribution in [-0.4, -0.2) is 22.1 Å². The lowest BCUT2D eigenvalue weighted by atomic mass is 10.2. The Kier molecular flexibility index (Phi) is 4.27. The number of thiophene rings is 1. The largest absolute Gasteiger partial charge is 0.387 e. The molecule has 1 atom stereocenters. The van der Waals surface area contributed by atoms with Crippen molar-refractivity contribution in [1.29, 1.82) is 0 Å². The van der Waals surface area contributed by atoms with Crippen molar-refractivity contribution in [3.8, 4) is 0 Å². The van der Waals surface area contributed by atoms with Crippen molar-refractivity contribution in [2.24, 2.45) is 7.05 Å². The Labute approximate surface area is 133 Å². The Morgan fingerprint density at radius 1 is 1.32 bits per heavy atom. The molecule has 1 aromatic carbocycles. The Hall–Kier alpha value is -2.11. The van der Waals surface area contributed by atoms with E-state index in [1.807, 2.05) is 60.3 Å². The second-order valence-corrected chi connectivity index (χ2v) is 6.34. The molecule has 0 aliphatic rings. The monoisotopic (exact) mass is 314 g/mol. The molecule has 114 valence electrons. The molecule has 0 bridgehead atoms. The summed E-state index contributed by atoms with van der Waals surface area (Å²) in [7, 11) is 1.90. The number of hydrogen-bond acceptors (Lipinski definition) is 3. The predicted octanol–water partition coefficient (Wildman–Crippen LogP) is 3.09. The van der Waals surface area contributed by atoms with E-state index in [0.717, 1.165) is 15.8 Å². The summed E-state index contributed by atoms with van der Waals surface area (Å²) >= 11 is 1.49. The van der Waals surface area contributed by atoms with Crippen molar-refractivity contribution < 1.29 is 9.90 Å². The van der Waals surface area contributed by atoms with Crippen LogP contribution in [-0.2, 0) is 7.05 Å². The molecule has 22 heavy (non-hydrogen) atoms. The third-order valence-electron chi connectivity index (χ3n) is 3.68. The predicted molar refractivity (Wildman–Crippen MR) is 89.1 cm³/mol. The van der Waals surface area contributed by atoms with Crippen molar-refractivity contribution in [3.05, 3.63) is 59.2 Å². The second kappa shape index (κ2) is 6.34. The van der Waals surface area contributed by atoms with E-state index in [1.165, 1.54) is 11.3 Å². The summed E-state index contributed by atoms with van der Waals surface area (Å²) in [5.41, 5.74) is 0.858. The average molecular weight is 314 g/mol. The molecule has 0 spiro atoms. The highest BCUT2D eigenvalue weighted by Crippen LogP contribution is 2.25. The Balaban J connectivity index is 1.57. The molecular formula is C17H18N2O2S. The normalized spacial score (nSPS) is 12.5. The van der Waals surface area contributed by atoms with E-state index in [9.17, 15) is 9.90 Å². The van der Waals surface area contributed by atoms with Crippen molar-refractivity contribution >= 4 is 27.3 Å². The quantitative estimate of drug-likeness (QED) is 0.760. The summed E-state index contributed by atoms with van der Waals surface area (Å²) in [4.78, 5) is 12.9. The maximum absolute atomic E-state index is 12.2. The minimum atomic E-state index is -0.567. The lowest BCUT2D eigenvalue weighted by molar-refractivity contribution is 0.0945. The number of aliphatic hydroxyl groups is 1. The average Bonchev–Trinajstić information content (AvgIpc) is 3.12. The summed E-state index contributed by atoms with van der Waals surface area (Å²) in [6.45, 7) is 0.444. The molecule has 0 saturated carbocycles. The number of aliphatic hydroxyl groups excluding tert-OH is 1. The fourth-order valence-electron chi connectivity index (χ4n) is 2.47. The molecule has 2 heterocycles. The first kappa shape index (κ1) is 14.8. The number of aromatic nitrogens is 1. The third-order valence-corrected chi connectivity index (χ3v) is 4.79. The lowest BCUT2D eigenvalue weighted by Crippen LogP contribution is -2.25. The zero-order valence-corrected chi connectivity index (χ0v) is 13.1. The first-order chi connectivity index (χ1) is 10.6. The van der Waals surface area contributed by atoms with E-state index in [2.05, 4.69) is 5.32 Å². The maximum atomic E-state index is 12.2. The summed E-state index contributed by atoms with van der Waals surface area (Å²) in [6.07, 6.45) is 1.82. The minimum absolute atomic E-state index is 0.0831. The maximum Gasteiger partial charge on any atom is 0.261 e. The Morgan fingerprint density at radius 2 is 2.14 bits per heavy atom. The summed E-state index contributed by atoms with van der Waals surface area (Å²) in [6, 6.07) is 13.6. The van der Waals surface area contributed by atoms with Gasteiger partial charge < -0.3 is 15.0 Å². The van der Waals surface area contributed by atoms with Crippen LogP contribution in [0.5, 0.6) is 0 Å². The highest BCUT2D eigenvalue weighted by molar-refractivity contribution is 7.20. The Morgan fingerprint density at radius 3 is 2.86 bits per heavy atom. The van der Waals surface area contributed by atoms with Gasteiger partial charge in [0.2, 0.25) is 0 Å². The first-order valence-electron chi connectivity index (χ1n) is 7.21. The standard InChI is InChI=1S/C17H18N2O2S/c1-19-10-4-6-13(19)14(20)8-9-18-17(21)16-11-12-5-2-3-7-15(12)22-16/h2-7,10-11,14,20H,8-9H2,1H3,(H,18,21)/t14-/m0/s1. The fraction of sp³-hybridized carbons (Fsp3) is 0.235. The molecule has 1 amide bonds. The van der Waals surface area contributed by atoms with Crippen LogP contribution in [0.4, 0.5) is 0 Å². The van der Waals surface area contributed by atoms with E-state index in [0.29, 0.717) is 17.8 Å². The van der Waals surface area contributed by atoms with Gasteiger partial charge in [0.1, 0.15) is 0 Å². The van der Waals surface area contributed by atoms with Crippen molar-refractivity contribution in [2.45, 2.75) is 12.5 Å². The molecule has 0 aliphatic carbocycles. The topological polar surface area (TPSA) is 54.3 Å². The molecule has 0 aliphatic heterocycles. The molecule has 2 N–H and O–H groups in total. The van der Waals surface area contributed by atoms with Crippen LogP contribution in [0, 0.1) is 0 Å². The smallest absolute Gasteiger partial charge is 0.261 e. The molecule has 3 rings (SSSR count). The number of amides is 1. The zero-order chi connectivity index (χ0) is 15.5. The molecule has 4 nitrogen and oxygen atoms in total. The van der Waals surface area contributed by atoms with E-state index in [4.69, 9.17) is 0 Å². The SMILES string of the molecule is Cn1cccc1[C@@H](O)CCNC(=O)c1cc2ccccc2s1. The molecule has 5 heteroatoms. The van der Waals surface area contributed by atoms with Gasteiger partial charge in [0.05, 0.1) is 11.0 Å². The van der Waals surface area contributed by atoms with Crippen LogP contribution < -0.4 is 5.32 Å². The van der Waals surface area contributed by atoms with Crippen molar-refractivity contribution in [1.82, 2.24) is 9.88 Å². The van der Waals surface area contributed by atoms with E-state index >= 15 is 0 Å². The number of fused-ring (bicyclic) bond motifs is 1. The van der Waals surface area contributed by atoms with Crippen molar-refractivity contribution in [2.75, 3.05) is 6.54 Å². The molecule has 2 aromatic heterocycles. The van der Waals surface area contributed by atoms with Gasteiger partial charge in [0.15, 0.2) is 0 Å². The van der Waals surface area contributed by atoms with Gasteiger partial charge in [0.25, 0.3) is 5.91 Å². The molecule has 0 radical (unpaired) electrons. The molecule has 0 unspecified atom stereocenters. The third kappa shape index (κ3) is 3.05. The van der Waals surface area contributed by atoms with Crippen molar-refractivity contribution in [3.63, 3.8) is 0 Å². The first-order valence-corrected chi connectivity index (χ1v) is 8.03. The van der Waals surface area contributed by atoms with Gasteiger partial charge >= 0.3 is 0 Å². The van der Waals surface area contributed by atoms with Gasteiger partial charge in [-0.25, -0.2) is 0 Å². The van der Waals surface area contributed by atoms with Crippen LogP contribution in [0.15, 0.2) is 48.7 Å². The fourth-order valence-corrected chi connectivity index (χ4v) is 3.45. The molecule has 0 fully saturated rings. The number of aryl methyl sites for hydroxylation is 1. The summed E-state index contributed by atoms with van der Waals surface area (Å²) < 4.78 is 3.00. The van der Waals surface area contributed by atoms with Crippen LogP contribution in [0.2, 0.25) is 0 Å². The number of hydrogen-bond donors (Lipinski definition) is 2. The summed E-state index contributed by atoms with van der Waals surface area (Å²) in [5.74, 6) is -0.0831. The molecular weight excluding hydrogens is 296 g/mol. The van der Waals surface area contributed by atoms with Gasteiger partial charge in [-0.05, 0) is 36.1 Å². The van der Waals surface area contributed by atoms with E-state index in [1.54, 1.807) is 0 Å². The zero-order valence-electron chi connectivity index (χ0n) is 12.3. The van der Waals surface area contributed by atoms with Gasteiger partial charge in [-0.1, -0.05) is 18.2 Å². The highest BCUT2D eigenvalue weighted by Gasteiger charge is 2.13. The van der Waals surface area contributed by atoms with E-state index < -0.39 is 6.10 Å². The second-order valence-electron chi connectivity index (χ2n) is 5.25. The number of carbonyl (C=O) groups is 1. The molecule has 0 saturated heterocycles. The van der Waals surface area contributed by atoms with Crippen LogP contribution in [0.1, 0.15) is 27.9 Å². The number of benzene rings is 1. The van der Waals surface area contributed by atoms with Crippen LogP contribution in [0.25, 0.3) is 10.1 Å². The van der Waals surface area contributed by atoms with Gasteiger partial charge in [-0.15, -0.1) is 11.3 Å². The van der Waals surface area contributed by atoms with Gasteiger partial charge in [0, 0.05) is 30.2 Å². The minimum Gasteiger partial charge on any atom is -0.387 e. The number of carbonyl (C=O) groups excluding carboxylic acids is 1. The van der Waals surface area contributed by atoms with Gasteiger partial charge in [-0.2, -0.15) is 0 Å². The van der Waals surface area contributed by atoms with Crippen LogP contribution >= 0.6 is 11.3 Å². The molecule has 3 aromatic rings. The van der Waals surface area contributed by atoms with Gasteiger partial charge in [-0.3, -0.25) is 4.79 Å². The number of rotatable bonds is 5. The Bertz CT molecular complexity index is 758. The summed E-state index contributed by atoms with van der Waals surface area (Å²) in [5, 5.41) is 14.1. The number of nitrogens with zero attached hydrogens (tertiary/aromatic N) is 1. The van der Waals surface area contributed by atoms with Crippen LogP contribution in [0.3, 0.4) is 0 Å². The van der Waals surface area contributed by atoms with E-state index in [-0.39, 0.29) is 5.91 Å². The highest BCUT2D eigenvalue weighted by atomic mass is 32.1.